The van der Waals surface area contributed by atoms with E-state index in [0.717, 1.165) is 16.6 Å². The minimum atomic E-state index is -0.944. The van der Waals surface area contributed by atoms with Crippen LogP contribution in [-0.2, 0) is 6.54 Å². The van der Waals surface area contributed by atoms with Crippen molar-refractivity contribution in [3.8, 4) is 0 Å². The van der Waals surface area contributed by atoms with Crippen LogP contribution in [0.5, 0.6) is 0 Å². The minimum absolute atomic E-state index is 0.403. The fourth-order valence-corrected chi connectivity index (χ4v) is 2.31. The monoisotopic (exact) mass is 273 g/mol. The number of hydrogen-bond donors (Lipinski definition) is 1. The quantitative estimate of drug-likeness (QED) is 0.933. The number of allylic oxidation sites excluding steroid dienone is 4. The average Bonchev–Trinajstić information content (AvgIpc) is 2.79. The van der Waals surface area contributed by atoms with E-state index in [9.17, 15) is 4.39 Å². The first kappa shape index (κ1) is 12.8. The Morgan fingerprint density at radius 3 is 3.10 bits per heavy atom. The van der Waals surface area contributed by atoms with Gasteiger partial charge in [0.15, 0.2) is 11.5 Å². The lowest BCUT2D eigenvalue weighted by Gasteiger charge is -2.14. The van der Waals surface area contributed by atoms with Crippen LogP contribution in [0.1, 0.15) is 12.2 Å². The number of nitrogens with zero attached hydrogens (tertiary/aromatic N) is 4. The normalized spacial score (nSPS) is 18.4. The van der Waals surface area contributed by atoms with E-state index in [0.29, 0.717) is 24.6 Å². The third-order valence-electron chi connectivity index (χ3n) is 3.37. The van der Waals surface area contributed by atoms with Gasteiger partial charge in [-0.3, -0.25) is 0 Å². The van der Waals surface area contributed by atoms with E-state index in [4.69, 9.17) is 0 Å². The number of hydrogen-bond acceptors (Lipinski definition) is 4. The molecule has 0 aromatic carbocycles. The molecule has 104 valence electrons. The van der Waals surface area contributed by atoms with Crippen LogP contribution < -0.4 is 5.32 Å². The number of rotatable bonds is 3. The highest BCUT2D eigenvalue weighted by atomic mass is 19.1. The SMILES string of the molecule is CNc1nn(CC2=CC=CCC2F)c2nc(C)ncc12. The molecule has 0 saturated heterocycles. The molecule has 1 N–H and O–H groups in total. The summed E-state index contributed by atoms with van der Waals surface area (Å²) in [5.74, 6) is 1.39. The first-order valence-corrected chi connectivity index (χ1v) is 6.56. The maximum Gasteiger partial charge on any atom is 0.164 e. The van der Waals surface area contributed by atoms with Crippen LogP contribution in [-0.4, -0.2) is 33.0 Å². The lowest BCUT2D eigenvalue weighted by Crippen LogP contribution is -2.14. The van der Waals surface area contributed by atoms with Crippen molar-refractivity contribution in [2.75, 3.05) is 12.4 Å². The topological polar surface area (TPSA) is 55.6 Å². The Hall–Kier alpha value is -2.24. The summed E-state index contributed by atoms with van der Waals surface area (Å²) in [6.45, 7) is 2.23. The largest absolute Gasteiger partial charge is 0.371 e. The standard InChI is InChI=1S/C14H16FN5/c1-9-17-7-11-13(16-2)19-20(14(11)18-9)8-10-5-3-4-6-12(10)15/h3-5,7,12H,6,8H2,1-2H3,(H,16,19). The molecule has 1 aliphatic rings. The summed E-state index contributed by atoms with van der Waals surface area (Å²) < 4.78 is 15.6. The van der Waals surface area contributed by atoms with Crippen molar-refractivity contribution in [2.45, 2.75) is 26.1 Å². The number of anilines is 1. The molecule has 6 heteroatoms. The molecule has 2 aromatic rings. The van der Waals surface area contributed by atoms with Crippen molar-refractivity contribution in [3.63, 3.8) is 0 Å². The molecule has 1 atom stereocenters. The van der Waals surface area contributed by atoms with E-state index in [1.54, 1.807) is 17.9 Å². The lowest BCUT2D eigenvalue weighted by molar-refractivity contribution is 0.367. The summed E-state index contributed by atoms with van der Waals surface area (Å²) >= 11 is 0. The molecule has 0 radical (unpaired) electrons. The van der Waals surface area contributed by atoms with Gasteiger partial charge in [-0.2, -0.15) is 5.10 Å². The van der Waals surface area contributed by atoms with Crippen LogP contribution in [0.4, 0.5) is 10.2 Å². The Morgan fingerprint density at radius 2 is 2.35 bits per heavy atom. The third kappa shape index (κ3) is 2.17. The van der Waals surface area contributed by atoms with E-state index >= 15 is 0 Å². The Bertz CT molecular complexity index is 701. The molecule has 20 heavy (non-hydrogen) atoms. The van der Waals surface area contributed by atoms with Gasteiger partial charge in [0, 0.05) is 19.7 Å². The molecule has 5 nitrogen and oxygen atoms in total. The zero-order valence-electron chi connectivity index (χ0n) is 11.5. The van der Waals surface area contributed by atoms with Gasteiger partial charge in [0.05, 0.1) is 11.9 Å². The van der Waals surface area contributed by atoms with Crippen LogP contribution in [0.15, 0.2) is 30.0 Å². The van der Waals surface area contributed by atoms with Crippen molar-refractivity contribution < 1.29 is 4.39 Å². The fraction of sp³-hybridized carbons (Fsp3) is 0.357. The number of aromatic nitrogens is 4. The van der Waals surface area contributed by atoms with Crippen LogP contribution >= 0.6 is 0 Å². The van der Waals surface area contributed by atoms with Crippen LogP contribution in [0.2, 0.25) is 0 Å². The van der Waals surface area contributed by atoms with Gasteiger partial charge in [-0.05, 0) is 12.5 Å². The van der Waals surface area contributed by atoms with Gasteiger partial charge in [-0.1, -0.05) is 18.2 Å². The molecule has 0 aliphatic heterocycles. The highest BCUT2D eigenvalue weighted by Gasteiger charge is 2.18. The number of halogens is 1. The van der Waals surface area contributed by atoms with Gasteiger partial charge in [0.2, 0.25) is 0 Å². The predicted molar refractivity (Wildman–Crippen MR) is 76.3 cm³/mol. The van der Waals surface area contributed by atoms with Gasteiger partial charge in [-0.25, -0.2) is 19.0 Å². The van der Waals surface area contributed by atoms with E-state index in [-0.39, 0.29) is 0 Å². The van der Waals surface area contributed by atoms with Crippen LogP contribution in [0, 0.1) is 6.92 Å². The lowest BCUT2D eigenvalue weighted by atomic mass is 10.0. The minimum Gasteiger partial charge on any atom is -0.371 e. The van der Waals surface area contributed by atoms with E-state index in [1.165, 1.54) is 0 Å². The molecule has 2 aromatic heterocycles. The van der Waals surface area contributed by atoms with Crippen LogP contribution in [0.3, 0.4) is 0 Å². The Balaban J connectivity index is 2.05. The van der Waals surface area contributed by atoms with Crippen molar-refractivity contribution in [2.24, 2.45) is 0 Å². The molecule has 3 rings (SSSR count). The number of alkyl halides is 1. The molecular formula is C14H16FN5. The summed E-state index contributed by atoms with van der Waals surface area (Å²) in [7, 11) is 1.80. The van der Waals surface area contributed by atoms with Crippen molar-refractivity contribution in [1.82, 2.24) is 19.7 Å². The molecule has 0 fully saturated rings. The van der Waals surface area contributed by atoms with Crippen molar-refractivity contribution >= 4 is 16.9 Å². The third-order valence-corrected chi connectivity index (χ3v) is 3.37. The zero-order chi connectivity index (χ0) is 14.1. The molecular weight excluding hydrogens is 257 g/mol. The number of aryl methyl sites for hydroxylation is 1. The first-order chi connectivity index (χ1) is 9.69. The molecule has 1 unspecified atom stereocenters. The molecule has 1 aliphatic carbocycles. The molecule has 0 spiro atoms. The molecule has 2 heterocycles. The van der Waals surface area contributed by atoms with Gasteiger partial charge < -0.3 is 5.32 Å². The fourth-order valence-electron chi connectivity index (χ4n) is 2.31. The van der Waals surface area contributed by atoms with Crippen molar-refractivity contribution in [1.29, 1.82) is 0 Å². The summed E-state index contributed by atoms with van der Waals surface area (Å²) in [5, 5.41) is 8.32. The van der Waals surface area contributed by atoms with E-state index < -0.39 is 6.17 Å². The van der Waals surface area contributed by atoms with Crippen molar-refractivity contribution in [3.05, 3.63) is 35.8 Å². The maximum absolute atomic E-state index is 13.9. The Kier molecular flexibility index (Phi) is 3.22. The highest BCUT2D eigenvalue weighted by molar-refractivity contribution is 5.86. The van der Waals surface area contributed by atoms with E-state index in [2.05, 4.69) is 20.4 Å². The van der Waals surface area contributed by atoms with Gasteiger partial charge in [0.25, 0.3) is 0 Å². The van der Waals surface area contributed by atoms with Gasteiger partial charge in [0.1, 0.15) is 12.0 Å². The number of nitrogens with one attached hydrogen (secondary N) is 1. The summed E-state index contributed by atoms with van der Waals surface area (Å²) in [6, 6.07) is 0. The number of fused-ring (bicyclic) bond motifs is 1. The highest BCUT2D eigenvalue weighted by Crippen LogP contribution is 2.24. The smallest absolute Gasteiger partial charge is 0.164 e. The second-order valence-corrected chi connectivity index (χ2v) is 4.78. The second-order valence-electron chi connectivity index (χ2n) is 4.78. The average molecular weight is 273 g/mol. The summed E-state index contributed by atoms with van der Waals surface area (Å²) in [4.78, 5) is 8.60. The zero-order valence-corrected chi connectivity index (χ0v) is 11.5. The maximum atomic E-state index is 13.9. The predicted octanol–water partition coefficient (Wildman–Crippen LogP) is 2.40. The molecule has 0 saturated carbocycles. The van der Waals surface area contributed by atoms with Crippen LogP contribution in [0.25, 0.3) is 11.0 Å². The van der Waals surface area contributed by atoms with Gasteiger partial charge >= 0.3 is 0 Å². The van der Waals surface area contributed by atoms with Gasteiger partial charge in [-0.15, -0.1) is 0 Å². The summed E-state index contributed by atoms with van der Waals surface area (Å²) in [6.07, 6.45) is 6.76. The summed E-state index contributed by atoms with van der Waals surface area (Å²) in [5.41, 5.74) is 1.44. The first-order valence-electron chi connectivity index (χ1n) is 6.56. The Labute approximate surface area is 116 Å². The second kappa shape index (κ2) is 5.03. The van der Waals surface area contributed by atoms with E-state index in [1.807, 2.05) is 25.2 Å². The molecule has 0 amide bonds. The molecule has 0 bridgehead atoms. The Morgan fingerprint density at radius 1 is 1.50 bits per heavy atom.